The van der Waals surface area contributed by atoms with Crippen LogP contribution < -0.4 is 46.0 Å². The van der Waals surface area contributed by atoms with Crippen molar-refractivity contribution in [1.82, 2.24) is 4.57 Å². The van der Waals surface area contributed by atoms with Crippen LogP contribution in [0.5, 0.6) is 0 Å². The lowest BCUT2D eigenvalue weighted by Gasteiger charge is -2.36. The number of para-hydroxylation sites is 7. The zero-order valence-electron chi connectivity index (χ0n) is 55.1. The topological polar surface area (TPSA) is 40.9 Å². The molecular formula is C90H59B3N4O2S3. The first-order valence-electron chi connectivity index (χ1n) is 34.6. The van der Waals surface area contributed by atoms with Crippen LogP contribution in [-0.2, 0) is 0 Å². The molecule has 3 aliphatic rings. The van der Waals surface area contributed by atoms with E-state index in [-0.39, 0.29) is 20.5 Å². The van der Waals surface area contributed by atoms with Crippen LogP contribution in [0.15, 0.2) is 367 Å². The van der Waals surface area contributed by atoms with Crippen molar-refractivity contribution >= 4 is 183 Å². The highest BCUT2D eigenvalue weighted by atomic mass is 32.1. The van der Waals surface area contributed by atoms with E-state index in [1.54, 1.807) is 0 Å². The van der Waals surface area contributed by atoms with Gasteiger partial charge in [-0.3, -0.25) is 0 Å². The van der Waals surface area contributed by atoms with Gasteiger partial charge >= 0.3 is 20.5 Å². The van der Waals surface area contributed by atoms with Gasteiger partial charge < -0.3 is 27.8 Å². The Balaban J connectivity index is 0.000000103. The lowest BCUT2D eigenvalue weighted by Crippen LogP contribution is -2.56. The van der Waals surface area contributed by atoms with Crippen LogP contribution in [0.3, 0.4) is 0 Å². The summed E-state index contributed by atoms with van der Waals surface area (Å²) in [5.41, 5.74) is 21.3. The highest BCUT2D eigenvalue weighted by Gasteiger charge is 2.47. The Kier molecular flexibility index (Phi) is 14.7. The maximum Gasteiger partial charge on any atom is 0.373 e. The number of thiophene rings is 3. The summed E-state index contributed by atoms with van der Waals surface area (Å²) in [7, 11) is 0. The number of hydrogen-bond donors (Lipinski definition) is 0. The Labute approximate surface area is 603 Å². The molecule has 19 aromatic rings. The standard InChI is InChI=1S/C34H23BN2S.C28H18BNO2.C28H18BNS2/c1-4-14-24(15-5-1)35-34-31(28-21-11-13-23-30(28)38-34)33-32(37(35)26-18-8-3-9-19-26)27-20-10-12-22-29(27)36(33)25-16-6-2-7-17-25;2*1-3-11-19(12-4-1)29-27-25(21-15-7-9-17-23(21)31-27)26-22-16-8-10-18-24(22)32-28(26)30(29)20-13-5-2-6-14-20/h1-23H;2*1-18H. The monoisotopic (exact) mass is 1360 g/mol. The molecule has 0 radical (unpaired) electrons. The van der Waals surface area contributed by atoms with E-state index in [1.165, 1.54) is 112 Å². The number of anilines is 6. The minimum absolute atomic E-state index is 0.0635. The Morgan fingerprint density at radius 2 is 0.627 bits per heavy atom. The van der Waals surface area contributed by atoms with E-state index in [0.717, 1.165) is 55.8 Å². The van der Waals surface area contributed by atoms with E-state index >= 15 is 0 Å². The molecule has 478 valence electrons. The van der Waals surface area contributed by atoms with Gasteiger partial charge in [0.15, 0.2) is 5.88 Å². The van der Waals surface area contributed by atoms with E-state index in [0.29, 0.717) is 0 Å². The van der Waals surface area contributed by atoms with Gasteiger partial charge in [-0.1, -0.05) is 273 Å². The average molecular weight is 1360 g/mol. The fraction of sp³-hybridized carbons (Fsp3) is 0. The number of hydrogen-bond acceptors (Lipinski definition) is 8. The second-order valence-corrected chi connectivity index (χ2v) is 29.2. The van der Waals surface area contributed by atoms with Crippen molar-refractivity contribution in [3.63, 3.8) is 0 Å². The van der Waals surface area contributed by atoms with Crippen molar-refractivity contribution < 1.29 is 8.83 Å². The highest BCUT2D eigenvalue weighted by molar-refractivity contribution is 7.34. The van der Waals surface area contributed by atoms with Gasteiger partial charge in [0.2, 0.25) is 0 Å². The van der Waals surface area contributed by atoms with Crippen LogP contribution in [0.2, 0.25) is 0 Å². The molecule has 0 fully saturated rings. The molecule has 0 saturated heterocycles. The normalized spacial score (nSPS) is 12.8. The zero-order chi connectivity index (χ0) is 67.2. The van der Waals surface area contributed by atoms with Crippen LogP contribution in [0.25, 0.3) is 102 Å². The summed E-state index contributed by atoms with van der Waals surface area (Å²) in [5, 5.41) is 8.85. The number of rotatable bonds is 7. The van der Waals surface area contributed by atoms with Crippen LogP contribution in [0.1, 0.15) is 0 Å². The Morgan fingerprint density at radius 1 is 0.255 bits per heavy atom. The first-order valence-corrected chi connectivity index (χ1v) is 37.1. The third-order valence-corrected chi connectivity index (χ3v) is 23.9. The molecule has 13 aromatic carbocycles. The summed E-state index contributed by atoms with van der Waals surface area (Å²) < 4.78 is 22.5. The molecule has 22 rings (SSSR count). The number of fused-ring (bicyclic) bond motifs is 21. The quantitative estimate of drug-likeness (QED) is 0.149. The maximum atomic E-state index is 6.60. The SMILES string of the molecule is c1ccc(B2c3oc4ccccc4c3-c3c(oc4ccccc34)N2c2ccccc2)cc1.c1ccc(B2c3sc4ccccc4c3-c3c(c4ccccc4n3-c3ccccc3)N2c2ccccc2)cc1.c1ccc(B2c3sc4ccccc4c3-c3c(sc4ccccc34)N2c2ccccc2)cc1. The van der Waals surface area contributed by atoms with Crippen molar-refractivity contribution in [1.29, 1.82) is 0 Å². The number of furan rings is 2. The average Bonchev–Trinajstić information content (AvgIpc) is 1.55. The molecular weight excluding hydrogens is 1300 g/mol. The summed E-state index contributed by atoms with van der Waals surface area (Å²) in [6, 6.07) is 127. The Bertz CT molecular complexity index is 5830. The first-order chi connectivity index (χ1) is 50.7. The predicted octanol–water partition coefficient (Wildman–Crippen LogP) is 20.9. The van der Waals surface area contributed by atoms with Gasteiger partial charge in [-0.15, -0.1) is 34.0 Å². The smallest absolute Gasteiger partial charge is 0.373 e. The molecule has 0 bridgehead atoms. The largest absolute Gasteiger partial charge is 0.467 e. The molecule has 0 spiro atoms. The summed E-state index contributed by atoms with van der Waals surface area (Å²) in [4.78, 5) is 7.41. The van der Waals surface area contributed by atoms with Crippen LogP contribution in [0, 0.1) is 0 Å². The fourth-order valence-electron chi connectivity index (χ4n) is 16.1. The van der Waals surface area contributed by atoms with Gasteiger partial charge in [-0.2, -0.15) is 0 Å². The highest BCUT2D eigenvalue weighted by Crippen LogP contribution is 2.55. The van der Waals surface area contributed by atoms with Crippen LogP contribution in [-0.4, -0.2) is 25.1 Å². The van der Waals surface area contributed by atoms with E-state index in [4.69, 9.17) is 8.83 Å². The summed E-state index contributed by atoms with van der Waals surface area (Å²) in [6.45, 7) is 0.0640. The van der Waals surface area contributed by atoms with Crippen molar-refractivity contribution in [3.8, 4) is 39.2 Å². The van der Waals surface area contributed by atoms with Gasteiger partial charge in [0.1, 0.15) is 16.8 Å². The van der Waals surface area contributed by atoms with Gasteiger partial charge in [-0.25, -0.2) is 0 Å². The van der Waals surface area contributed by atoms with E-state index in [1.807, 2.05) is 70.4 Å². The molecule has 0 amide bonds. The lowest BCUT2D eigenvalue weighted by atomic mass is 9.49. The molecule has 0 unspecified atom stereocenters. The van der Waals surface area contributed by atoms with E-state index in [9.17, 15) is 0 Å². The molecule has 3 aliphatic heterocycles. The third-order valence-electron chi connectivity index (χ3n) is 20.3. The molecule has 0 atom stereocenters. The van der Waals surface area contributed by atoms with Crippen molar-refractivity contribution in [2.75, 3.05) is 14.4 Å². The van der Waals surface area contributed by atoms with Gasteiger partial charge in [-0.05, 0) is 107 Å². The fourth-order valence-corrected chi connectivity index (χ4v) is 20.0. The van der Waals surface area contributed by atoms with Crippen molar-refractivity contribution in [3.05, 3.63) is 358 Å². The summed E-state index contributed by atoms with van der Waals surface area (Å²) in [6.07, 6.45) is 0. The molecule has 6 nitrogen and oxygen atoms in total. The van der Waals surface area contributed by atoms with Gasteiger partial charge in [0.05, 0.1) is 27.5 Å². The first kappa shape index (κ1) is 60.0. The van der Waals surface area contributed by atoms with Gasteiger partial charge in [0, 0.05) is 95.6 Å². The van der Waals surface area contributed by atoms with Crippen molar-refractivity contribution in [2.24, 2.45) is 0 Å². The van der Waals surface area contributed by atoms with Gasteiger partial charge in [0.25, 0.3) is 0 Å². The zero-order valence-corrected chi connectivity index (χ0v) is 57.6. The lowest BCUT2D eigenvalue weighted by molar-refractivity contribution is 0.620. The maximum absolute atomic E-state index is 6.60. The molecule has 0 aliphatic carbocycles. The van der Waals surface area contributed by atoms with E-state index in [2.05, 4.69) is 341 Å². The van der Waals surface area contributed by atoms with Crippen LogP contribution in [0.4, 0.5) is 33.6 Å². The third kappa shape index (κ3) is 9.69. The molecule has 102 heavy (non-hydrogen) atoms. The number of nitrogens with zero attached hydrogens (tertiary/aromatic N) is 4. The second-order valence-electron chi connectivity index (χ2n) is 26.0. The Morgan fingerprint density at radius 3 is 1.18 bits per heavy atom. The van der Waals surface area contributed by atoms with Crippen molar-refractivity contribution in [2.45, 2.75) is 0 Å². The molecule has 12 heteroatoms. The second kappa shape index (κ2) is 25.0. The molecule has 9 heterocycles. The van der Waals surface area contributed by atoms with E-state index < -0.39 is 0 Å². The molecule has 0 N–H and O–H groups in total. The Hall–Kier alpha value is -12.0. The minimum atomic E-state index is -0.144. The predicted molar refractivity (Wildman–Crippen MR) is 438 cm³/mol. The number of aromatic nitrogens is 1. The minimum Gasteiger partial charge on any atom is -0.467 e. The molecule has 6 aromatic heterocycles. The summed E-state index contributed by atoms with van der Waals surface area (Å²) >= 11 is 5.77. The number of benzene rings is 13. The van der Waals surface area contributed by atoms with Crippen LogP contribution >= 0.6 is 34.0 Å². The molecule has 0 saturated carbocycles. The summed E-state index contributed by atoms with van der Waals surface area (Å²) in [5.74, 6) is 0.852.